The summed E-state index contributed by atoms with van der Waals surface area (Å²) in [4.78, 5) is 28.6. The Morgan fingerprint density at radius 3 is 2.58 bits per heavy atom. The average Bonchev–Trinajstić information content (AvgIpc) is 3.69. The van der Waals surface area contributed by atoms with E-state index in [0.717, 1.165) is 17.0 Å². The highest BCUT2D eigenvalue weighted by Gasteiger charge is 2.36. The topological polar surface area (TPSA) is 94.8 Å². The van der Waals surface area contributed by atoms with E-state index in [-0.39, 0.29) is 37.7 Å². The predicted octanol–water partition coefficient (Wildman–Crippen LogP) is 3.23. The summed E-state index contributed by atoms with van der Waals surface area (Å²) in [6.45, 7) is 0.557. The second-order valence-corrected chi connectivity index (χ2v) is 9.07. The monoisotopic (exact) mass is 518 g/mol. The first-order chi connectivity index (χ1) is 18.5. The van der Waals surface area contributed by atoms with E-state index in [1.807, 2.05) is 48.1 Å². The zero-order chi connectivity index (χ0) is 26.6. The summed E-state index contributed by atoms with van der Waals surface area (Å²) < 4.78 is 23.4. The molecule has 0 radical (unpaired) electrons. The SMILES string of the molecule is COCCN(CC(=O)N1N=C(c2cccn2C)CC1c1ccc2c(c1)OCO2)C(=O)c1ccc(OC)cc1. The van der Waals surface area contributed by atoms with Gasteiger partial charge < -0.3 is 28.4 Å². The van der Waals surface area contributed by atoms with Crippen molar-refractivity contribution in [2.24, 2.45) is 12.1 Å². The Bertz CT molecular complexity index is 1350. The van der Waals surface area contributed by atoms with E-state index in [0.29, 0.717) is 35.8 Å². The number of amides is 2. The van der Waals surface area contributed by atoms with Gasteiger partial charge in [-0.25, -0.2) is 5.01 Å². The van der Waals surface area contributed by atoms with Crippen LogP contribution in [-0.4, -0.2) is 72.7 Å². The number of hydrazone groups is 1. The maximum atomic E-state index is 13.8. The quantitative estimate of drug-likeness (QED) is 0.432. The summed E-state index contributed by atoms with van der Waals surface area (Å²) in [5, 5.41) is 6.24. The molecule has 1 atom stereocenters. The lowest BCUT2D eigenvalue weighted by Gasteiger charge is -2.27. The van der Waals surface area contributed by atoms with Crippen molar-refractivity contribution in [1.82, 2.24) is 14.5 Å². The molecule has 5 rings (SSSR count). The fourth-order valence-electron chi connectivity index (χ4n) is 4.64. The Hall–Kier alpha value is -4.31. The number of methoxy groups -OCH3 is 2. The first-order valence-corrected chi connectivity index (χ1v) is 12.3. The van der Waals surface area contributed by atoms with Gasteiger partial charge in [0.05, 0.1) is 31.2 Å². The van der Waals surface area contributed by atoms with Gasteiger partial charge in [0, 0.05) is 38.9 Å². The summed E-state index contributed by atoms with van der Waals surface area (Å²) in [7, 11) is 5.07. The minimum atomic E-state index is -0.359. The van der Waals surface area contributed by atoms with Crippen LogP contribution in [0.5, 0.6) is 17.2 Å². The van der Waals surface area contributed by atoms with Crippen LogP contribution in [0.2, 0.25) is 0 Å². The van der Waals surface area contributed by atoms with Crippen molar-refractivity contribution in [2.45, 2.75) is 12.5 Å². The minimum Gasteiger partial charge on any atom is -0.497 e. The van der Waals surface area contributed by atoms with Crippen molar-refractivity contribution in [3.63, 3.8) is 0 Å². The fraction of sp³-hybridized carbons (Fsp3) is 0.321. The van der Waals surface area contributed by atoms with Gasteiger partial charge in [-0.1, -0.05) is 6.07 Å². The Morgan fingerprint density at radius 1 is 1.08 bits per heavy atom. The van der Waals surface area contributed by atoms with Crippen LogP contribution in [-0.2, 0) is 16.6 Å². The molecule has 0 aliphatic carbocycles. The third-order valence-corrected chi connectivity index (χ3v) is 6.70. The van der Waals surface area contributed by atoms with Crippen molar-refractivity contribution in [2.75, 3.05) is 40.7 Å². The zero-order valence-electron chi connectivity index (χ0n) is 21.6. The number of aromatic nitrogens is 1. The van der Waals surface area contributed by atoms with Crippen LogP contribution in [0.3, 0.4) is 0 Å². The highest BCUT2D eigenvalue weighted by molar-refractivity contribution is 6.02. The van der Waals surface area contributed by atoms with Gasteiger partial charge in [-0.2, -0.15) is 5.10 Å². The lowest BCUT2D eigenvalue weighted by atomic mass is 10.00. The molecule has 10 heteroatoms. The maximum absolute atomic E-state index is 13.8. The summed E-state index contributed by atoms with van der Waals surface area (Å²) in [6, 6.07) is 16.0. The molecule has 1 aromatic heterocycles. The van der Waals surface area contributed by atoms with E-state index < -0.39 is 0 Å². The summed E-state index contributed by atoms with van der Waals surface area (Å²) in [5.74, 6) is 1.38. The van der Waals surface area contributed by atoms with Crippen molar-refractivity contribution in [3.8, 4) is 17.2 Å². The molecular weight excluding hydrogens is 488 g/mol. The van der Waals surface area contributed by atoms with Gasteiger partial charge in [-0.05, 0) is 54.1 Å². The fourth-order valence-corrected chi connectivity index (χ4v) is 4.64. The van der Waals surface area contributed by atoms with Gasteiger partial charge in [-0.3, -0.25) is 9.59 Å². The second-order valence-electron chi connectivity index (χ2n) is 9.07. The van der Waals surface area contributed by atoms with Crippen molar-refractivity contribution in [1.29, 1.82) is 0 Å². The van der Waals surface area contributed by atoms with E-state index >= 15 is 0 Å². The summed E-state index contributed by atoms with van der Waals surface area (Å²) in [5.41, 5.74) is 3.05. The molecule has 0 spiro atoms. The van der Waals surface area contributed by atoms with Gasteiger partial charge >= 0.3 is 0 Å². The van der Waals surface area contributed by atoms with E-state index in [2.05, 4.69) is 0 Å². The van der Waals surface area contributed by atoms with E-state index in [1.54, 1.807) is 38.5 Å². The molecule has 3 aromatic rings. The van der Waals surface area contributed by atoms with Crippen LogP contribution in [0.25, 0.3) is 0 Å². The van der Waals surface area contributed by atoms with Crippen molar-refractivity contribution < 1.29 is 28.5 Å². The molecule has 10 nitrogen and oxygen atoms in total. The van der Waals surface area contributed by atoms with Gasteiger partial charge in [0.15, 0.2) is 11.5 Å². The third kappa shape index (κ3) is 5.08. The van der Waals surface area contributed by atoms with Crippen LogP contribution in [0.4, 0.5) is 0 Å². The highest BCUT2D eigenvalue weighted by atomic mass is 16.7. The van der Waals surface area contributed by atoms with Crippen LogP contribution >= 0.6 is 0 Å². The minimum absolute atomic E-state index is 0.154. The van der Waals surface area contributed by atoms with Gasteiger partial charge in [-0.15, -0.1) is 0 Å². The smallest absolute Gasteiger partial charge is 0.262 e. The molecule has 2 amide bonds. The molecule has 198 valence electrons. The molecule has 2 aliphatic heterocycles. The molecule has 38 heavy (non-hydrogen) atoms. The molecule has 0 N–H and O–H groups in total. The number of carbonyl (C=O) groups excluding carboxylic acids is 2. The molecule has 0 saturated carbocycles. The number of nitrogens with zero attached hydrogens (tertiary/aromatic N) is 4. The van der Waals surface area contributed by atoms with Crippen LogP contribution in [0, 0.1) is 0 Å². The van der Waals surface area contributed by atoms with Gasteiger partial charge in [0.25, 0.3) is 11.8 Å². The number of ether oxygens (including phenoxy) is 4. The van der Waals surface area contributed by atoms with Gasteiger partial charge in [0.1, 0.15) is 12.3 Å². The van der Waals surface area contributed by atoms with Crippen molar-refractivity contribution >= 4 is 17.5 Å². The van der Waals surface area contributed by atoms with Crippen molar-refractivity contribution in [3.05, 3.63) is 77.6 Å². The van der Waals surface area contributed by atoms with Gasteiger partial charge in [0.2, 0.25) is 6.79 Å². The third-order valence-electron chi connectivity index (χ3n) is 6.70. The lowest BCUT2D eigenvalue weighted by molar-refractivity contribution is -0.133. The number of hydrogen-bond acceptors (Lipinski definition) is 7. The van der Waals surface area contributed by atoms with E-state index in [1.165, 1.54) is 9.91 Å². The lowest BCUT2D eigenvalue weighted by Crippen LogP contribution is -2.42. The Balaban J connectivity index is 1.43. The molecule has 2 aromatic carbocycles. The Kier molecular flexibility index (Phi) is 7.32. The molecular formula is C28H30N4O6. The summed E-state index contributed by atoms with van der Waals surface area (Å²) in [6.07, 6.45) is 2.46. The molecule has 0 fully saturated rings. The van der Waals surface area contributed by atoms with E-state index in [9.17, 15) is 9.59 Å². The molecule has 1 unspecified atom stereocenters. The number of carbonyl (C=O) groups is 2. The molecule has 2 aliphatic rings. The largest absolute Gasteiger partial charge is 0.497 e. The van der Waals surface area contributed by atoms with E-state index in [4.69, 9.17) is 24.0 Å². The number of hydrogen-bond donors (Lipinski definition) is 0. The second kappa shape index (κ2) is 11.0. The Morgan fingerprint density at radius 2 is 1.87 bits per heavy atom. The number of aryl methyl sites for hydroxylation is 1. The average molecular weight is 519 g/mol. The molecule has 0 saturated heterocycles. The van der Waals surface area contributed by atoms with Crippen LogP contribution < -0.4 is 14.2 Å². The number of rotatable bonds is 9. The zero-order valence-corrected chi connectivity index (χ0v) is 21.6. The normalized spacial score (nSPS) is 15.9. The molecule has 3 heterocycles. The van der Waals surface area contributed by atoms with Crippen LogP contribution in [0.15, 0.2) is 65.9 Å². The Labute approximate surface area is 220 Å². The first kappa shape index (κ1) is 25.3. The van der Waals surface area contributed by atoms with Crippen LogP contribution in [0.1, 0.15) is 34.1 Å². The number of fused-ring (bicyclic) bond motifs is 1. The highest BCUT2D eigenvalue weighted by Crippen LogP contribution is 2.39. The standard InChI is InChI=1S/C28H30N4O6/c1-30-12-4-5-23(30)22-16-24(20-8-11-25-26(15-20)38-18-37-25)32(29-22)27(33)17-31(13-14-35-2)28(34)19-6-9-21(36-3)10-7-19/h4-12,15,24H,13-14,16-18H2,1-3H3. The number of benzene rings is 2. The molecule has 0 bridgehead atoms. The first-order valence-electron chi connectivity index (χ1n) is 12.3. The predicted molar refractivity (Wildman–Crippen MR) is 139 cm³/mol. The maximum Gasteiger partial charge on any atom is 0.262 e. The summed E-state index contributed by atoms with van der Waals surface area (Å²) >= 11 is 0.